The fourth-order valence-electron chi connectivity index (χ4n) is 0.252. The topological polar surface area (TPSA) is 122 Å². The summed E-state index contributed by atoms with van der Waals surface area (Å²) >= 11 is 0. The number of rotatable bonds is 3. The number of carbonyl (C=O) groups excluding carboxylic acids is 2. The third-order valence-corrected chi connectivity index (χ3v) is 0.739. The van der Waals surface area contributed by atoms with E-state index in [1.54, 1.807) is 12.3 Å². The van der Waals surface area contributed by atoms with E-state index in [1.165, 1.54) is 0 Å². The average molecular weight is 194 g/mol. The summed E-state index contributed by atoms with van der Waals surface area (Å²) in [6.45, 7) is 0.956. The Labute approximate surface area is 75.5 Å². The Balaban J connectivity index is 0. The molecule has 0 aromatic heterocycles. The van der Waals surface area contributed by atoms with Gasteiger partial charge in [-0.2, -0.15) is 0 Å². The standard InChI is InChI=1S/C4H8O3.C2H6N2O2/c1-2-7-4(6)3-5;3-4-2(6)1-5/h5H,2-3H2,1H3;5H,1,3H2,(H,4,6). The summed E-state index contributed by atoms with van der Waals surface area (Å²) in [6, 6.07) is 0. The highest BCUT2D eigenvalue weighted by molar-refractivity contribution is 5.76. The molecule has 0 heterocycles. The lowest BCUT2D eigenvalue weighted by atomic mass is 10.7. The molecular formula is C6H14N2O5. The van der Waals surface area contributed by atoms with Crippen LogP contribution in [0.3, 0.4) is 0 Å². The molecule has 0 unspecified atom stereocenters. The lowest BCUT2D eigenvalue weighted by Crippen LogP contribution is -2.32. The number of nitrogens with two attached hydrogens (primary N) is 1. The molecule has 0 aliphatic rings. The van der Waals surface area contributed by atoms with Crippen molar-refractivity contribution in [2.45, 2.75) is 6.92 Å². The fourth-order valence-corrected chi connectivity index (χ4v) is 0.252. The summed E-state index contributed by atoms with van der Waals surface area (Å²) in [5.41, 5.74) is 1.73. The summed E-state index contributed by atoms with van der Waals surface area (Å²) in [6.07, 6.45) is 0. The summed E-state index contributed by atoms with van der Waals surface area (Å²) in [5.74, 6) is 3.38. The molecule has 0 saturated heterocycles. The first-order valence-electron chi connectivity index (χ1n) is 3.49. The van der Waals surface area contributed by atoms with Crippen LogP contribution in [0.25, 0.3) is 0 Å². The van der Waals surface area contributed by atoms with Gasteiger partial charge in [0.25, 0.3) is 5.91 Å². The third-order valence-electron chi connectivity index (χ3n) is 0.739. The first-order chi connectivity index (χ1) is 6.12. The maximum Gasteiger partial charge on any atom is 0.331 e. The predicted molar refractivity (Wildman–Crippen MR) is 43.1 cm³/mol. The van der Waals surface area contributed by atoms with Crippen molar-refractivity contribution in [2.24, 2.45) is 5.84 Å². The lowest BCUT2D eigenvalue weighted by molar-refractivity contribution is -0.146. The number of aliphatic hydroxyl groups is 2. The van der Waals surface area contributed by atoms with Gasteiger partial charge in [0.2, 0.25) is 0 Å². The van der Waals surface area contributed by atoms with Gasteiger partial charge >= 0.3 is 5.97 Å². The predicted octanol–water partition coefficient (Wildman–Crippen LogP) is -2.49. The van der Waals surface area contributed by atoms with Crippen molar-refractivity contribution in [3.8, 4) is 0 Å². The SMILES string of the molecule is CCOC(=O)CO.NNC(=O)CO. The van der Waals surface area contributed by atoms with E-state index in [9.17, 15) is 9.59 Å². The molecule has 1 amide bonds. The average Bonchev–Trinajstić information content (AvgIpc) is 2.18. The second-order valence-corrected chi connectivity index (χ2v) is 1.69. The molecule has 78 valence electrons. The molecule has 0 saturated carbocycles. The van der Waals surface area contributed by atoms with Gasteiger partial charge in [-0.1, -0.05) is 0 Å². The zero-order chi connectivity index (χ0) is 10.7. The number of ether oxygens (including phenoxy) is 1. The number of hydrogen-bond donors (Lipinski definition) is 4. The van der Waals surface area contributed by atoms with Crippen LogP contribution in [0.1, 0.15) is 6.92 Å². The first kappa shape index (κ1) is 14.3. The van der Waals surface area contributed by atoms with Crippen LogP contribution in [0.4, 0.5) is 0 Å². The van der Waals surface area contributed by atoms with Gasteiger partial charge in [0.05, 0.1) is 6.61 Å². The van der Waals surface area contributed by atoms with E-state index in [1.807, 2.05) is 0 Å². The highest BCUT2D eigenvalue weighted by Gasteiger charge is 1.92. The molecule has 0 rings (SSSR count). The van der Waals surface area contributed by atoms with Crippen molar-refractivity contribution in [3.63, 3.8) is 0 Å². The molecule has 0 aliphatic carbocycles. The smallest absolute Gasteiger partial charge is 0.331 e. The van der Waals surface area contributed by atoms with Gasteiger partial charge in [-0.3, -0.25) is 10.2 Å². The minimum atomic E-state index is -0.574. The highest BCUT2D eigenvalue weighted by atomic mass is 16.5. The van der Waals surface area contributed by atoms with Crippen molar-refractivity contribution < 1.29 is 24.5 Å². The van der Waals surface area contributed by atoms with Gasteiger partial charge in [-0.25, -0.2) is 10.6 Å². The Kier molecular flexibility index (Phi) is 11.9. The molecule has 0 aromatic rings. The van der Waals surface area contributed by atoms with Crippen LogP contribution in [0, 0.1) is 0 Å². The zero-order valence-corrected chi connectivity index (χ0v) is 7.32. The molecule has 0 aliphatic heterocycles. The number of esters is 1. The summed E-state index contributed by atoms with van der Waals surface area (Å²) in [4.78, 5) is 19.6. The number of amides is 1. The minimum Gasteiger partial charge on any atom is -0.464 e. The molecule has 7 heteroatoms. The van der Waals surface area contributed by atoms with Gasteiger partial charge in [0.15, 0.2) is 0 Å². The van der Waals surface area contributed by atoms with Gasteiger partial charge in [-0.15, -0.1) is 0 Å². The molecule has 13 heavy (non-hydrogen) atoms. The van der Waals surface area contributed by atoms with Crippen LogP contribution in [0.5, 0.6) is 0 Å². The van der Waals surface area contributed by atoms with Crippen molar-refractivity contribution in [1.82, 2.24) is 5.43 Å². The van der Waals surface area contributed by atoms with Gasteiger partial charge < -0.3 is 14.9 Å². The van der Waals surface area contributed by atoms with Crippen LogP contribution in [0.2, 0.25) is 0 Å². The number of hydrazine groups is 1. The minimum absolute atomic E-state index is 0.333. The number of hydrogen-bond acceptors (Lipinski definition) is 6. The van der Waals surface area contributed by atoms with E-state index in [4.69, 9.17) is 10.2 Å². The molecule has 0 fully saturated rings. The monoisotopic (exact) mass is 194 g/mol. The zero-order valence-electron chi connectivity index (χ0n) is 7.32. The Morgan fingerprint density at radius 3 is 2.00 bits per heavy atom. The van der Waals surface area contributed by atoms with E-state index in [2.05, 4.69) is 10.6 Å². The van der Waals surface area contributed by atoms with Crippen LogP contribution in [-0.2, 0) is 14.3 Å². The lowest BCUT2D eigenvalue weighted by Gasteiger charge is -1.93. The maximum absolute atomic E-state index is 9.94. The molecule has 5 N–H and O–H groups in total. The Morgan fingerprint density at radius 2 is 1.92 bits per heavy atom. The Hall–Kier alpha value is -1.18. The second kappa shape index (κ2) is 10.8. The fraction of sp³-hybridized carbons (Fsp3) is 0.667. The van der Waals surface area contributed by atoms with Crippen LogP contribution >= 0.6 is 0 Å². The number of carbonyl (C=O) groups is 2. The Morgan fingerprint density at radius 1 is 1.38 bits per heavy atom. The molecule has 7 nitrogen and oxygen atoms in total. The normalized spacial score (nSPS) is 8.00. The van der Waals surface area contributed by atoms with Gasteiger partial charge in [0.1, 0.15) is 13.2 Å². The molecule has 0 aromatic carbocycles. The summed E-state index contributed by atoms with van der Waals surface area (Å²) in [7, 11) is 0. The van der Waals surface area contributed by atoms with E-state index >= 15 is 0 Å². The molecule has 0 radical (unpaired) electrons. The van der Waals surface area contributed by atoms with Crippen molar-refractivity contribution in [3.05, 3.63) is 0 Å². The van der Waals surface area contributed by atoms with Crippen LogP contribution < -0.4 is 11.3 Å². The largest absolute Gasteiger partial charge is 0.464 e. The summed E-state index contributed by atoms with van der Waals surface area (Å²) in [5, 5.41) is 15.8. The summed E-state index contributed by atoms with van der Waals surface area (Å²) < 4.78 is 4.30. The van der Waals surface area contributed by atoms with Crippen LogP contribution in [-0.4, -0.2) is 41.9 Å². The Bertz CT molecular complexity index is 144. The highest BCUT2D eigenvalue weighted by Crippen LogP contribution is 1.71. The van der Waals surface area contributed by atoms with Crippen LogP contribution in [0.15, 0.2) is 0 Å². The van der Waals surface area contributed by atoms with E-state index < -0.39 is 25.1 Å². The first-order valence-corrected chi connectivity index (χ1v) is 3.49. The van der Waals surface area contributed by atoms with Gasteiger partial charge in [0, 0.05) is 0 Å². The molecule has 0 spiro atoms. The molecule has 0 bridgehead atoms. The van der Waals surface area contributed by atoms with Crippen molar-refractivity contribution in [1.29, 1.82) is 0 Å². The molecular weight excluding hydrogens is 180 g/mol. The second-order valence-electron chi connectivity index (χ2n) is 1.69. The molecule has 0 atom stereocenters. The van der Waals surface area contributed by atoms with Crippen molar-refractivity contribution >= 4 is 11.9 Å². The van der Waals surface area contributed by atoms with E-state index in [-0.39, 0.29) is 0 Å². The number of nitrogens with one attached hydrogen (secondary N) is 1. The van der Waals surface area contributed by atoms with Gasteiger partial charge in [-0.05, 0) is 6.92 Å². The third kappa shape index (κ3) is 13.8. The quantitative estimate of drug-likeness (QED) is 0.171. The van der Waals surface area contributed by atoms with Crippen molar-refractivity contribution in [2.75, 3.05) is 19.8 Å². The maximum atomic E-state index is 9.94. The van der Waals surface area contributed by atoms with E-state index in [0.29, 0.717) is 6.61 Å². The number of aliphatic hydroxyl groups excluding tert-OH is 2. The van der Waals surface area contributed by atoms with E-state index in [0.717, 1.165) is 0 Å².